The van der Waals surface area contributed by atoms with Crippen LogP contribution in [0.15, 0.2) is 78.9 Å². The van der Waals surface area contributed by atoms with Crippen molar-refractivity contribution in [2.24, 2.45) is 0 Å². The molecule has 3 aromatic carbocycles. The summed E-state index contributed by atoms with van der Waals surface area (Å²) in [5, 5.41) is 2.90. The van der Waals surface area contributed by atoms with Crippen molar-refractivity contribution in [2.75, 3.05) is 17.7 Å². The third-order valence-corrected chi connectivity index (χ3v) is 4.74. The topological polar surface area (TPSA) is 84.7 Å². The number of benzene rings is 3. The Morgan fingerprint density at radius 1 is 1.06 bits per heavy atom. The lowest BCUT2D eigenvalue weighted by atomic mass is 10.0. The highest BCUT2D eigenvalue weighted by Crippen LogP contribution is 2.30. The van der Waals surface area contributed by atoms with Gasteiger partial charge < -0.3 is 15.8 Å². The quantitative estimate of drug-likeness (QED) is 0.460. The molecule has 3 rings (SSSR count). The van der Waals surface area contributed by atoms with E-state index in [0.717, 1.165) is 5.56 Å². The van der Waals surface area contributed by atoms with E-state index in [0.29, 0.717) is 29.2 Å². The molecule has 156 valence electrons. The van der Waals surface area contributed by atoms with Crippen molar-refractivity contribution in [3.8, 4) is 18.1 Å². The first kappa shape index (κ1) is 21.5. The van der Waals surface area contributed by atoms with Gasteiger partial charge in [0, 0.05) is 17.9 Å². The summed E-state index contributed by atoms with van der Waals surface area (Å²) in [6.07, 6.45) is 5.45. The maximum Gasteiger partial charge on any atom is 0.303 e. The van der Waals surface area contributed by atoms with Gasteiger partial charge in [0.2, 0.25) is 5.91 Å². The molecule has 0 radical (unpaired) electrons. The molecule has 0 bridgehead atoms. The summed E-state index contributed by atoms with van der Waals surface area (Å²) in [6.45, 7) is 0.305. The third-order valence-electron chi connectivity index (χ3n) is 4.74. The number of nitrogens with one attached hydrogen (secondary N) is 1. The molecule has 0 aromatic heterocycles. The fourth-order valence-electron chi connectivity index (χ4n) is 3.22. The Hall–Kier alpha value is -4.24. The van der Waals surface area contributed by atoms with Crippen LogP contribution in [0.2, 0.25) is 0 Å². The van der Waals surface area contributed by atoms with Gasteiger partial charge in [0.15, 0.2) is 0 Å². The molecule has 0 aliphatic heterocycles. The summed E-state index contributed by atoms with van der Waals surface area (Å²) in [7, 11) is 1.55. The van der Waals surface area contributed by atoms with Crippen LogP contribution in [-0.4, -0.2) is 18.9 Å². The molecule has 0 spiro atoms. The number of hydrogen-bond acceptors (Lipinski definition) is 4. The molecule has 1 unspecified atom stereocenters. The van der Waals surface area contributed by atoms with Crippen LogP contribution in [0.25, 0.3) is 0 Å². The van der Waals surface area contributed by atoms with Crippen molar-refractivity contribution in [1.82, 2.24) is 5.32 Å². The predicted molar refractivity (Wildman–Crippen MR) is 121 cm³/mol. The van der Waals surface area contributed by atoms with Crippen LogP contribution in [-0.2, 0) is 16.1 Å². The summed E-state index contributed by atoms with van der Waals surface area (Å²) in [5.41, 5.74) is 8.37. The number of amides is 2. The first-order valence-corrected chi connectivity index (χ1v) is 9.64. The Morgan fingerprint density at radius 2 is 1.77 bits per heavy atom. The Kier molecular flexibility index (Phi) is 6.92. The monoisotopic (exact) mass is 413 g/mol. The minimum Gasteiger partial charge on any atom is -0.497 e. The van der Waals surface area contributed by atoms with Crippen LogP contribution in [0.5, 0.6) is 5.75 Å². The molecule has 0 saturated carbocycles. The average Bonchev–Trinajstić information content (AvgIpc) is 2.81. The van der Waals surface area contributed by atoms with Gasteiger partial charge in [0.05, 0.1) is 7.11 Å². The zero-order valence-corrected chi connectivity index (χ0v) is 17.1. The summed E-state index contributed by atoms with van der Waals surface area (Å²) in [4.78, 5) is 27.4. The van der Waals surface area contributed by atoms with Gasteiger partial charge in [0.25, 0.3) is 0 Å². The second kappa shape index (κ2) is 9.99. The summed E-state index contributed by atoms with van der Waals surface area (Å²) < 4.78 is 5.19. The minimum absolute atomic E-state index is 0.305. The van der Waals surface area contributed by atoms with Crippen LogP contribution in [0.1, 0.15) is 17.2 Å². The number of nitrogen functional groups attached to an aromatic ring is 1. The Balaban J connectivity index is 2.01. The molecule has 31 heavy (non-hydrogen) atoms. The minimum atomic E-state index is -1.01. The zero-order valence-electron chi connectivity index (χ0n) is 17.1. The highest BCUT2D eigenvalue weighted by molar-refractivity contribution is 6.09. The van der Waals surface area contributed by atoms with Gasteiger partial charge in [-0.3, -0.25) is 14.5 Å². The van der Waals surface area contributed by atoms with Crippen molar-refractivity contribution in [3.63, 3.8) is 0 Å². The van der Waals surface area contributed by atoms with E-state index in [2.05, 4.69) is 11.2 Å². The molecule has 0 aliphatic rings. The SMILES string of the molecule is C#CC(=O)N(c1ccc(OC)cc1)C(C(=O)NCc1ccccc1)c1cccc(N)c1. The molecular formula is C25H23N3O3. The Bertz CT molecular complexity index is 1090. The van der Waals surface area contributed by atoms with E-state index < -0.39 is 11.9 Å². The second-order valence-electron chi connectivity index (χ2n) is 6.79. The Morgan fingerprint density at radius 3 is 2.39 bits per heavy atom. The molecule has 1 atom stereocenters. The van der Waals surface area contributed by atoms with Gasteiger partial charge in [-0.2, -0.15) is 0 Å². The zero-order chi connectivity index (χ0) is 22.2. The standard InChI is InChI=1S/C25H23N3O3/c1-3-23(29)28(21-12-14-22(31-2)15-13-21)24(19-10-7-11-20(26)16-19)25(30)27-17-18-8-5-4-6-9-18/h1,4-16,24H,17,26H2,2H3,(H,27,30). The van der Waals surface area contributed by atoms with E-state index in [9.17, 15) is 9.59 Å². The molecule has 0 heterocycles. The molecule has 0 saturated heterocycles. The number of nitrogens with zero attached hydrogens (tertiary/aromatic N) is 1. The van der Waals surface area contributed by atoms with E-state index in [1.807, 2.05) is 30.3 Å². The summed E-state index contributed by atoms with van der Waals surface area (Å²) in [6, 6.07) is 22.1. The van der Waals surface area contributed by atoms with Crippen molar-refractivity contribution < 1.29 is 14.3 Å². The van der Waals surface area contributed by atoms with E-state index in [1.165, 1.54) is 4.90 Å². The first-order chi connectivity index (χ1) is 15.0. The molecule has 6 nitrogen and oxygen atoms in total. The lowest BCUT2D eigenvalue weighted by Gasteiger charge is -2.30. The van der Waals surface area contributed by atoms with Gasteiger partial charge in [-0.1, -0.05) is 42.5 Å². The molecule has 3 aromatic rings. The summed E-state index contributed by atoms with van der Waals surface area (Å²) in [5.74, 6) is 1.72. The van der Waals surface area contributed by atoms with Crippen molar-refractivity contribution in [1.29, 1.82) is 0 Å². The van der Waals surface area contributed by atoms with Crippen LogP contribution in [0, 0.1) is 12.3 Å². The van der Waals surface area contributed by atoms with Crippen molar-refractivity contribution >= 4 is 23.2 Å². The molecule has 0 fully saturated rings. The fraction of sp³-hybridized carbons (Fsp3) is 0.120. The van der Waals surface area contributed by atoms with Crippen LogP contribution >= 0.6 is 0 Å². The van der Waals surface area contributed by atoms with Crippen LogP contribution < -0.4 is 20.7 Å². The Labute approximate surface area is 181 Å². The van der Waals surface area contributed by atoms with E-state index in [4.69, 9.17) is 16.9 Å². The van der Waals surface area contributed by atoms with Crippen molar-refractivity contribution in [2.45, 2.75) is 12.6 Å². The van der Waals surface area contributed by atoms with E-state index >= 15 is 0 Å². The van der Waals surface area contributed by atoms with Crippen LogP contribution in [0.3, 0.4) is 0 Å². The first-order valence-electron chi connectivity index (χ1n) is 9.64. The predicted octanol–water partition coefficient (Wildman–Crippen LogP) is 3.30. The number of terminal acetylenes is 1. The third kappa shape index (κ3) is 5.22. The van der Waals surface area contributed by atoms with Crippen molar-refractivity contribution in [3.05, 3.63) is 90.0 Å². The number of rotatable bonds is 7. The van der Waals surface area contributed by atoms with E-state index in [-0.39, 0.29) is 5.91 Å². The van der Waals surface area contributed by atoms with Crippen LogP contribution in [0.4, 0.5) is 11.4 Å². The summed E-state index contributed by atoms with van der Waals surface area (Å²) >= 11 is 0. The number of carbonyl (C=O) groups is 2. The number of nitrogens with two attached hydrogens (primary N) is 1. The lowest BCUT2D eigenvalue weighted by Crippen LogP contribution is -2.43. The molecule has 2 amide bonds. The van der Waals surface area contributed by atoms with E-state index in [1.54, 1.807) is 55.6 Å². The normalized spacial score (nSPS) is 11.1. The molecular weight excluding hydrogens is 390 g/mol. The number of anilines is 2. The lowest BCUT2D eigenvalue weighted by molar-refractivity contribution is -0.125. The number of ether oxygens (including phenoxy) is 1. The highest BCUT2D eigenvalue weighted by Gasteiger charge is 2.32. The number of hydrogen-bond donors (Lipinski definition) is 2. The number of methoxy groups -OCH3 is 1. The smallest absolute Gasteiger partial charge is 0.303 e. The maximum absolute atomic E-state index is 13.3. The highest BCUT2D eigenvalue weighted by atomic mass is 16.5. The van der Waals surface area contributed by atoms with Gasteiger partial charge >= 0.3 is 5.91 Å². The maximum atomic E-state index is 13.3. The number of carbonyl (C=O) groups excluding carboxylic acids is 2. The average molecular weight is 413 g/mol. The van der Waals surface area contributed by atoms with Gasteiger partial charge in [-0.15, -0.1) is 6.42 Å². The van der Waals surface area contributed by atoms with Gasteiger partial charge in [0.1, 0.15) is 11.8 Å². The second-order valence-corrected chi connectivity index (χ2v) is 6.79. The van der Waals surface area contributed by atoms with Gasteiger partial charge in [-0.05, 0) is 53.4 Å². The molecule has 3 N–H and O–H groups in total. The molecule has 0 aliphatic carbocycles. The fourth-order valence-corrected chi connectivity index (χ4v) is 3.22. The van der Waals surface area contributed by atoms with Gasteiger partial charge in [-0.25, -0.2) is 0 Å². The largest absolute Gasteiger partial charge is 0.497 e. The molecule has 6 heteroatoms.